The summed E-state index contributed by atoms with van der Waals surface area (Å²) in [5.41, 5.74) is 0.265. The van der Waals surface area contributed by atoms with Crippen LogP contribution in [-0.4, -0.2) is 34.5 Å². The highest BCUT2D eigenvalue weighted by molar-refractivity contribution is 9.10. The number of alkyl halides is 1. The molecule has 1 aromatic rings. The number of rotatable bonds is 2. The van der Waals surface area contributed by atoms with E-state index in [1.807, 2.05) is 0 Å². The van der Waals surface area contributed by atoms with E-state index in [2.05, 4.69) is 26.3 Å². The Labute approximate surface area is 105 Å². The SMILES string of the molecule is O=C(NC1CC1)c1nn2c(c1Br)OC[C@@H](F)C2. The maximum atomic E-state index is 13.1. The Kier molecular flexibility index (Phi) is 2.57. The number of nitrogens with one attached hydrogen (secondary N) is 1. The highest BCUT2D eigenvalue weighted by Crippen LogP contribution is 2.32. The summed E-state index contributed by atoms with van der Waals surface area (Å²) in [7, 11) is 0. The van der Waals surface area contributed by atoms with Crippen LogP contribution < -0.4 is 10.1 Å². The largest absolute Gasteiger partial charge is 0.474 e. The van der Waals surface area contributed by atoms with Crippen LogP contribution >= 0.6 is 15.9 Å². The first kappa shape index (κ1) is 11.0. The maximum Gasteiger partial charge on any atom is 0.273 e. The van der Waals surface area contributed by atoms with Gasteiger partial charge in [-0.25, -0.2) is 9.07 Å². The highest BCUT2D eigenvalue weighted by Gasteiger charge is 2.30. The molecule has 0 unspecified atom stereocenters. The van der Waals surface area contributed by atoms with Crippen molar-refractivity contribution in [1.29, 1.82) is 0 Å². The van der Waals surface area contributed by atoms with Crippen LogP contribution in [0.15, 0.2) is 4.47 Å². The normalized spacial score (nSPS) is 22.8. The van der Waals surface area contributed by atoms with Crippen molar-refractivity contribution in [1.82, 2.24) is 15.1 Å². The molecule has 1 amide bonds. The molecule has 3 rings (SSSR count). The lowest BCUT2D eigenvalue weighted by Gasteiger charge is -2.18. The van der Waals surface area contributed by atoms with E-state index in [0.717, 1.165) is 12.8 Å². The second-order valence-electron chi connectivity index (χ2n) is 4.31. The topological polar surface area (TPSA) is 56.2 Å². The molecule has 92 valence electrons. The summed E-state index contributed by atoms with van der Waals surface area (Å²) in [6, 6.07) is 0.267. The number of ether oxygens (including phenoxy) is 1. The van der Waals surface area contributed by atoms with Gasteiger partial charge in [-0.05, 0) is 28.8 Å². The van der Waals surface area contributed by atoms with Crippen LogP contribution in [0.5, 0.6) is 5.88 Å². The fraction of sp³-hybridized carbons (Fsp3) is 0.600. The minimum absolute atomic E-state index is 0.00791. The van der Waals surface area contributed by atoms with E-state index in [0.29, 0.717) is 10.4 Å². The van der Waals surface area contributed by atoms with Crippen LogP contribution in [0.1, 0.15) is 23.3 Å². The monoisotopic (exact) mass is 303 g/mol. The van der Waals surface area contributed by atoms with E-state index in [-0.39, 0.29) is 30.8 Å². The summed E-state index contributed by atoms with van der Waals surface area (Å²) in [4.78, 5) is 11.8. The molecule has 1 aliphatic carbocycles. The Morgan fingerprint density at radius 1 is 1.59 bits per heavy atom. The third-order valence-electron chi connectivity index (χ3n) is 2.75. The van der Waals surface area contributed by atoms with Crippen LogP contribution in [-0.2, 0) is 6.54 Å². The van der Waals surface area contributed by atoms with E-state index in [9.17, 15) is 9.18 Å². The van der Waals surface area contributed by atoms with Crippen molar-refractivity contribution in [2.45, 2.75) is 31.6 Å². The Morgan fingerprint density at radius 3 is 3.06 bits per heavy atom. The van der Waals surface area contributed by atoms with Gasteiger partial charge in [-0.3, -0.25) is 4.79 Å². The third kappa shape index (κ3) is 2.03. The molecule has 2 heterocycles. The molecule has 0 spiro atoms. The molecule has 1 atom stereocenters. The zero-order chi connectivity index (χ0) is 12.0. The van der Waals surface area contributed by atoms with Gasteiger partial charge in [0.1, 0.15) is 11.1 Å². The predicted octanol–water partition coefficient (Wildman–Crippen LogP) is 1.27. The highest BCUT2D eigenvalue weighted by atomic mass is 79.9. The van der Waals surface area contributed by atoms with Crippen LogP contribution in [0.25, 0.3) is 0 Å². The van der Waals surface area contributed by atoms with Gasteiger partial charge >= 0.3 is 0 Å². The van der Waals surface area contributed by atoms with Crippen LogP contribution in [0, 0.1) is 0 Å². The van der Waals surface area contributed by atoms with E-state index >= 15 is 0 Å². The van der Waals surface area contributed by atoms with Crippen molar-refractivity contribution in [3.8, 4) is 5.88 Å². The maximum absolute atomic E-state index is 13.1. The molecule has 2 aliphatic rings. The van der Waals surface area contributed by atoms with Gasteiger partial charge in [-0.15, -0.1) is 0 Å². The minimum atomic E-state index is -1.08. The lowest BCUT2D eigenvalue weighted by atomic mass is 10.3. The fourth-order valence-corrected chi connectivity index (χ4v) is 2.30. The van der Waals surface area contributed by atoms with Gasteiger partial charge < -0.3 is 10.1 Å². The number of fused-ring (bicyclic) bond motifs is 1. The summed E-state index contributed by atoms with van der Waals surface area (Å²) >= 11 is 3.28. The Bertz CT molecular complexity index is 472. The molecule has 0 saturated heterocycles. The first-order valence-corrected chi connectivity index (χ1v) is 6.28. The van der Waals surface area contributed by atoms with E-state index in [1.165, 1.54) is 4.68 Å². The third-order valence-corrected chi connectivity index (χ3v) is 3.47. The fourth-order valence-electron chi connectivity index (χ4n) is 1.72. The van der Waals surface area contributed by atoms with Crippen molar-refractivity contribution in [2.24, 2.45) is 0 Å². The molecular weight excluding hydrogens is 293 g/mol. The molecule has 1 aromatic heterocycles. The van der Waals surface area contributed by atoms with Gasteiger partial charge in [0.2, 0.25) is 5.88 Å². The van der Waals surface area contributed by atoms with Gasteiger partial charge in [0, 0.05) is 6.04 Å². The number of carbonyl (C=O) groups is 1. The van der Waals surface area contributed by atoms with Crippen LogP contribution in [0.2, 0.25) is 0 Å². The second-order valence-corrected chi connectivity index (χ2v) is 5.10. The van der Waals surface area contributed by atoms with Crippen molar-refractivity contribution in [3.63, 3.8) is 0 Å². The number of aromatic nitrogens is 2. The molecule has 7 heteroatoms. The molecule has 0 aromatic carbocycles. The molecule has 0 bridgehead atoms. The van der Waals surface area contributed by atoms with Gasteiger partial charge in [-0.2, -0.15) is 5.10 Å². The summed E-state index contributed by atoms with van der Waals surface area (Å²) < 4.78 is 20.2. The first-order chi connectivity index (χ1) is 8.15. The van der Waals surface area contributed by atoms with Crippen molar-refractivity contribution < 1.29 is 13.9 Å². The number of hydrogen-bond acceptors (Lipinski definition) is 3. The number of halogens is 2. The molecule has 1 N–H and O–H groups in total. The molecule has 17 heavy (non-hydrogen) atoms. The van der Waals surface area contributed by atoms with E-state index in [4.69, 9.17) is 4.74 Å². The first-order valence-electron chi connectivity index (χ1n) is 5.49. The van der Waals surface area contributed by atoms with Gasteiger partial charge in [0.15, 0.2) is 11.9 Å². The lowest BCUT2D eigenvalue weighted by molar-refractivity contribution is 0.0943. The smallest absolute Gasteiger partial charge is 0.273 e. The zero-order valence-electron chi connectivity index (χ0n) is 8.95. The molecule has 1 saturated carbocycles. The van der Waals surface area contributed by atoms with Crippen LogP contribution in [0.3, 0.4) is 0 Å². The van der Waals surface area contributed by atoms with Crippen molar-refractivity contribution >= 4 is 21.8 Å². The minimum Gasteiger partial charge on any atom is -0.474 e. The van der Waals surface area contributed by atoms with Gasteiger partial charge in [-0.1, -0.05) is 0 Å². The van der Waals surface area contributed by atoms with Crippen molar-refractivity contribution in [3.05, 3.63) is 10.2 Å². The van der Waals surface area contributed by atoms with Crippen molar-refractivity contribution in [2.75, 3.05) is 6.61 Å². The summed E-state index contributed by atoms with van der Waals surface area (Å²) in [5.74, 6) is 0.195. The molecular formula is C10H11BrFN3O2. The summed E-state index contributed by atoms with van der Waals surface area (Å²) in [6.45, 7) is 0.138. The number of nitrogens with zero attached hydrogens (tertiary/aromatic N) is 2. The van der Waals surface area contributed by atoms with Gasteiger partial charge in [0.05, 0.1) is 6.54 Å². The van der Waals surface area contributed by atoms with E-state index in [1.54, 1.807) is 0 Å². The number of hydrogen-bond donors (Lipinski definition) is 1. The Balaban J connectivity index is 1.87. The summed E-state index contributed by atoms with van der Waals surface area (Å²) in [6.07, 6.45) is 0.952. The lowest BCUT2D eigenvalue weighted by Crippen LogP contribution is -2.27. The predicted molar refractivity (Wildman–Crippen MR) is 60.8 cm³/mol. The van der Waals surface area contributed by atoms with Gasteiger partial charge in [0.25, 0.3) is 5.91 Å². The second kappa shape index (κ2) is 3.97. The average molecular weight is 304 g/mol. The zero-order valence-corrected chi connectivity index (χ0v) is 10.5. The number of amides is 1. The quantitative estimate of drug-likeness (QED) is 0.895. The number of carbonyl (C=O) groups excluding carboxylic acids is 1. The molecule has 1 aliphatic heterocycles. The van der Waals surface area contributed by atoms with E-state index < -0.39 is 6.17 Å². The Hall–Kier alpha value is -1.11. The molecule has 1 fully saturated rings. The average Bonchev–Trinajstić information content (AvgIpc) is 3.03. The van der Waals surface area contributed by atoms with Crippen LogP contribution in [0.4, 0.5) is 4.39 Å². The Morgan fingerprint density at radius 2 is 2.35 bits per heavy atom. The molecule has 5 nitrogen and oxygen atoms in total. The molecule has 0 radical (unpaired) electrons. The summed E-state index contributed by atoms with van der Waals surface area (Å²) in [5, 5.41) is 6.91. The standard InChI is InChI=1S/C10H11BrFN3O2/c11-7-8(9(16)13-6-1-2-6)14-15-3-5(12)4-17-10(7)15/h5-6H,1-4H2,(H,13,16)/t5-/m0/s1.